The van der Waals surface area contributed by atoms with Gasteiger partial charge in [0.25, 0.3) is 0 Å². The van der Waals surface area contributed by atoms with Crippen molar-refractivity contribution in [2.24, 2.45) is 0 Å². The number of anilines is 1. The maximum absolute atomic E-state index is 12.4. The van der Waals surface area contributed by atoms with E-state index in [9.17, 15) is 8.42 Å². The molecule has 2 aromatic carbocycles. The molecule has 0 saturated heterocycles. The summed E-state index contributed by atoms with van der Waals surface area (Å²) in [6.07, 6.45) is 0. The van der Waals surface area contributed by atoms with E-state index in [2.05, 4.69) is 4.98 Å². The fourth-order valence-electron chi connectivity index (χ4n) is 1.91. The van der Waals surface area contributed by atoms with Crippen molar-refractivity contribution in [3.8, 4) is 0 Å². The molecule has 0 saturated carbocycles. The largest absolute Gasteiger partial charge is 0.399 e. The van der Waals surface area contributed by atoms with Crippen LogP contribution in [0.4, 0.5) is 5.69 Å². The highest BCUT2D eigenvalue weighted by Gasteiger charge is 2.20. The van der Waals surface area contributed by atoms with Crippen LogP contribution in [-0.2, 0) is 15.6 Å². The first kappa shape index (κ1) is 14.3. The number of halogens is 1. The van der Waals surface area contributed by atoms with E-state index in [-0.39, 0.29) is 10.1 Å². The lowest BCUT2D eigenvalue weighted by Crippen LogP contribution is -2.04. The molecule has 7 heteroatoms. The van der Waals surface area contributed by atoms with Crippen LogP contribution >= 0.6 is 22.9 Å². The quantitative estimate of drug-likeness (QED) is 0.742. The molecule has 21 heavy (non-hydrogen) atoms. The zero-order chi connectivity index (χ0) is 15.0. The van der Waals surface area contributed by atoms with E-state index in [1.165, 1.54) is 0 Å². The van der Waals surface area contributed by atoms with Crippen molar-refractivity contribution in [3.63, 3.8) is 0 Å². The Labute approximate surface area is 131 Å². The molecule has 108 valence electrons. The maximum atomic E-state index is 12.4. The van der Waals surface area contributed by atoms with Crippen LogP contribution in [0.15, 0.2) is 46.8 Å². The second-order valence-corrected chi connectivity index (χ2v) is 8.22. The van der Waals surface area contributed by atoms with Gasteiger partial charge in [0, 0.05) is 10.7 Å². The molecule has 1 aromatic heterocycles. The van der Waals surface area contributed by atoms with Gasteiger partial charge in [0.05, 0.1) is 16.0 Å². The molecular formula is C14H11ClN2O2S2. The normalized spacial score (nSPS) is 11.9. The summed E-state index contributed by atoms with van der Waals surface area (Å²) < 4.78 is 25.7. The van der Waals surface area contributed by atoms with Gasteiger partial charge in [-0.1, -0.05) is 23.7 Å². The molecule has 0 unspecified atom stereocenters. The van der Waals surface area contributed by atoms with Crippen molar-refractivity contribution in [2.45, 2.75) is 10.1 Å². The predicted octanol–water partition coefficient (Wildman–Crippen LogP) is 3.51. The number of nitrogens with two attached hydrogens (primary N) is 1. The number of thiazole rings is 1. The molecule has 0 radical (unpaired) electrons. The number of fused-ring (bicyclic) bond motifs is 1. The molecule has 0 bridgehead atoms. The number of rotatable bonds is 3. The third kappa shape index (κ3) is 3.02. The number of aromatic nitrogens is 1. The Morgan fingerprint density at radius 1 is 1.14 bits per heavy atom. The Kier molecular flexibility index (Phi) is 3.61. The zero-order valence-corrected chi connectivity index (χ0v) is 13.2. The molecule has 0 fully saturated rings. The molecule has 3 rings (SSSR count). The van der Waals surface area contributed by atoms with Crippen LogP contribution < -0.4 is 5.73 Å². The summed E-state index contributed by atoms with van der Waals surface area (Å²) in [6.45, 7) is 0. The van der Waals surface area contributed by atoms with Crippen LogP contribution in [0.3, 0.4) is 0 Å². The minimum Gasteiger partial charge on any atom is -0.399 e. The second kappa shape index (κ2) is 5.29. The van der Waals surface area contributed by atoms with Crippen LogP contribution in [0.2, 0.25) is 5.02 Å². The minimum absolute atomic E-state index is 0.0977. The maximum Gasteiger partial charge on any atom is 0.210 e. The minimum atomic E-state index is -3.48. The van der Waals surface area contributed by atoms with E-state index in [0.717, 1.165) is 16.0 Å². The van der Waals surface area contributed by atoms with Gasteiger partial charge in [0.2, 0.25) is 14.2 Å². The molecule has 0 aliphatic heterocycles. The van der Waals surface area contributed by atoms with E-state index in [1.807, 2.05) is 0 Å². The van der Waals surface area contributed by atoms with Gasteiger partial charge in [-0.25, -0.2) is 13.4 Å². The molecule has 0 aliphatic rings. The molecule has 3 aromatic rings. The standard InChI is InChI=1S/C14H11ClN2O2S2/c15-10-3-1-9(2-4-10)8-21(18,19)14-17-12-6-5-11(16)7-13(12)20-14/h1-7H,8,16H2. The molecule has 0 aliphatic carbocycles. The van der Waals surface area contributed by atoms with Gasteiger partial charge in [0.1, 0.15) is 0 Å². The van der Waals surface area contributed by atoms with Crippen molar-refractivity contribution < 1.29 is 8.42 Å². The third-order valence-corrected chi connectivity index (χ3v) is 6.34. The Balaban J connectivity index is 1.97. The average Bonchev–Trinajstić information content (AvgIpc) is 2.85. The number of hydrogen-bond acceptors (Lipinski definition) is 5. The van der Waals surface area contributed by atoms with E-state index in [0.29, 0.717) is 21.8 Å². The smallest absolute Gasteiger partial charge is 0.210 e. The van der Waals surface area contributed by atoms with Crippen LogP contribution in [0, 0.1) is 0 Å². The Bertz CT molecular complexity index is 902. The fraction of sp³-hybridized carbons (Fsp3) is 0.0714. The van der Waals surface area contributed by atoms with Gasteiger partial charge >= 0.3 is 0 Å². The first-order valence-corrected chi connectivity index (χ1v) is 8.92. The number of sulfone groups is 1. The molecule has 0 amide bonds. The van der Waals surface area contributed by atoms with Gasteiger partial charge < -0.3 is 5.73 Å². The van der Waals surface area contributed by atoms with Crippen LogP contribution in [0.25, 0.3) is 10.2 Å². The predicted molar refractivity (Wildman–Crippen MR) is 86.4 cm³/mol. The van der Waals surface area contributed by atoms with Gasteiger partial charge in [0.15, 0.2) is 0 Å². The van der Waals surface area contributed by atoms with E-state index >= 15 is 0 Å². The summed E-state index contributed by atoms with van der Waals surface area (Å²) in [5, 5.41) is 0.576. The molecule has 1 heterocycles. The lowest BCUT2D eigenvalue weighted by molar-refractivity contribution is 0.594. The third-order valence-electron chi connectivity index (χ3n) is 2.93. The molecule has 0 spiro atoms. The van der Waals surface area contributed by atoms with Crippen molar-refractivity contribution in [1.29, 1.82) is 0 Å². The number of nitrogens with zero attached hydrogens (tertiary/aromatic N) is 1. The first-order chi connectivity index (χ1) is 9.94. The Hall–Kier alpha value is -1.63. The lowest BCUT2D eigenvalue weighted by atomic mass is 10.2. The first-order valence-electron chi connectivity index (χ1n) is 6.07. The topological polar surface area (TPSA) is 73.0 Å². The summed E-state index contributed by atoms with van der Waals surface area (Å²) >= 11 is 6.93. The average molecular weight is 339 g/mol. The van der Waals surface area contributed by atoms with Crippen LogP contribution in [0.5, 0.6) is 0 Å². The second-order valence-electron chi connectivity index (χ2n) is 4.59. The van der Waals surface area contributed by atoms with Gasteiger partial charge in [-0.2, -0.15) is 0 Å². The van der Waals surface area contributed by atoms with Crippen molar-refractivity contribution in [3.05, 3.63) is 53.1 Å². The van der Waals surface area contributed by atoms with Crippen molar-refractivity contribution in [2.75, 3.05) is 5.73 Å². The van der Waals surface area contributed by atoms with Gasteiger partial charge in [-0.3, -0.25) is 0 Å². The molecule has 0 atom stereocenters. The zero-order valence-electron chi connectivity index (χ0n) is 10.8. The Morgan fingerprint density at radius 3 is 2.57 bits per heavy atom. The van der Waals surface area contributed by atoms with Gasteiger partial charge in [-0.15, -0.1) is 11.3 Å². The lowest BCUT2D eigenvalue weighted by Gasteiger charge is -2.01. The molecule has 4 nitrogen and oxygen atoms in total. The fourth-order valence-corrected chi connectivity index (χ4v) is 4.73. The highest BCUT2D eigenvalue weighted by atomic mass is 35.5. The van der Waals surface area contributed by atoms with E-state index < -0.39 is 9.84 Å². The highest BCUT2D eigenvalue weighted by Crippen LogP contribution is 2.29. The van der Waals surface area contributed by atoms with Crippen molar-refractivity contribution >= 4 is 48.7 Å². The monoisotopic (exact) mass is 338 g/mol. The number of nitrogen functional groups attached to an aromatic ring is 1. The summed E-state index contributed by atoms with van der Waals surface area (Å²) in [6, 6.07) is 11.9. The van der Waals surface area contributed by atoms with E-state index in [4.69, 9.17) is 17.3 Å². The summed E-state index contributed by atoms with van der Waals surface area (Å²) in [5.74, 6) is -0.0977. The number of benzene rings is 2. The van der Waals surface area contributed by atoms with Crippen LogP contribution in [-0.4, -0.2) is 13.4 Å². The summed E-state index contributed by atoms with van der Waals surface area (Å²) in [7, 11) is -3.48. The number of hydrogen-bond donors (Lipinski definition) is 1. The Morgan fingerprint density at radius 2 is 1.86 bits per heavy atom. The van der Waals surface area contributed by atoms with Crippen LogP contribution in [0.1, 0.15) is 5.56 Å². The highest BCUT2D eigenvalue weighted by molar-refractivity contribution is 7.92. The van der Waals surface area contributed by atoms with E-state index in [1.54, 1.807) is 42.5 Å². The summed E-state index contributed by atoms with van der Waals surface area (Å²) in [4.78, 5) is 4.19. The molecule has 2 N–H and O–H groups in total. The van der Waals surface area contributed by atoms with Crippen molar-refractivity contribution in [1.82, 2.24) is 4.98 Å². The molecular weight excluding hydrogens is 328 g/mol. The SMILES string of the molecule is Nc1ccc2nc(S(=O)(=O)Cc3ccc(Cl)cc3)sc2c1. The van der Waals surface area contributed by atoms with Gasteiger partial charge in [-0.05, 0) is 35.9 Å². The summed E-state index contributed by atoms with van der Waals surface area (Å²) in [5.41, 5.74) is 7.61.